The molecule has 2 rings (SSSR count). The van der Waals surface area contributed by atoms with Crippen LogP contribution in [0.1, 0.15) is 24.1 Å². The van der Waals surface area contributed by atoms with Crippen molar-refractivity contribution in [2.45, 2.75) is 24.8 Å². The van der Waals surface area contributed by atoms with Crippen LogP contribution in [0, 0.1) is 6.92 Å². The summed E-state index contributed by atoms with van der Waals surface area (Å²) in [6, 6.07) is 14.0. The molecule has 21 heavy (non-hydrogen) atoms. The Morgan fingerprint density at radius 1 is 1.10 bits per heavy atom. The van der Waals surface area contributed by atoms with E-state index < -0.39 is 10.0 Å². The van der Waals surface area contributed by atoms with Crippen LogP contribution >= 0.6 is 0 Å². The van der Waals surface area contributed by atoms with Gasteiger partial charge in [-0.25, -0.2) is 13.1 Å². The van der Waals surface area contributed by atoms with Gasteiger partial charge in [0.1, 0.15) is 5.75 Å². The van der Waals surface area contributed by atoms with Crippen LogP contribution in [0.15, 0.2) is 53.4 Å². The van der Waals surface area contributed by atoms with Gasteiger partial charge in [-0.3, -0.25) is 0 Å². The predicted octanol–water partition coefficient (Wildman–Crippen LogP) is 3.04. The summed E-state index contributed by atoms with van der Waals surface area (Å²) in [6.45, 7) is 3.64. The molecule has 0 heterocycles. The number of sulfonamides is 1. The Morgan fingerprint density at radius 2 is 1.76 bits per heavy atom. The molecule has 2 aromatic carbocycles. The predicted molar refractivity (Wildman–Crippen MR) is 82.9 cm³/mol. The topological polar surface area (TPSA) is 55.4 Å². The zero-order valence-electron chi connectivity index (χ0n) is 12.3. The van der Waals surface area contributed by atoms with E-state index in [4.69, 9.17) is 4.74 Å². The van der Waals surface area contributed by atoms with Gasteiger partial charge < -0.3 is 4.74 Å². The van der Waals surface area contributed by atoms with Gasteiger partial charge in [0.2, 0.25) is 10.0 Å². The molecule has 5 heteroatoms. The highest BCUT2D eigenvalue weighted by Crippen LogP contribution is 2.22. The molecular weight excluding hydrogens is 286 g/mol. The summed E-state index contributed by atoms with van der Waals surface area (Å²) in [6.07, 6.45) is 0. The average molecular weight is 305 g/mol. The van der Waals surface area contributed by atoms with E-state index in [1.54, 1.807) is 25.3 Å². The molecule has 0 amide bonds. The molecule has 0 fully saturated rings. The lowest BCUT2D eigenvalue weighted by atomic mass is 10.1. The lowest BCUT2D eigenvalue weighted by Gasteiger charge is -2.15. The van der Waals surface area contributed by atoms with Gasteiger partial charge >= 0.3 is 0 Å². The molecule has 0 radical (unpaired) electrons. The Balaban J connectivity index is 2.24. The quantitative estimate of drug-likeness (QED) is 0.923. The van der Waals surface area contributed by atoms with Crippen LogP contribution in [0.3, 0.4) is 0 Å². The maximum absolute atomic E-state index is 12.4. The normalized spacial score (nSPS) is 12.9. The fourth-order valence-corrected chi connectivity index (χ4v) is 3.45. The van der Waals surface area contributed by atoms with E-state index in [0.29, 0.717) is 5.75 Å². The first-order valence-corrected chi connectivity index (χ1v) is 8.14. The first-order valence-electron chi connectivity index (χ1n) is 6.66. The summed E-state index contributed by atoms with van der Waals surface area (Å²) in [7, 11) is -2.00. The Hall–Kier alpha value is -1.85. The van der Waals surface area contributed by atoms with E-state index in [2.05, 4.69) is 4.72 Å². The van der Waals surface area contributed by atoms with E-state index in [9.17, 15) is 8.42 Å². The van der Waals surface area contributed by atoms with Crippen LogP contribution in [0.5, 0.6) is 5.75 Å². The second kappa shape index (κ2) is 6.28. The number of benzene rings is 2. The van der Waals surface area contributed by atoms with Crippen molar-refractivity contribution in [3.05, 3.63) is 59.7 Å². The van der Waals surface area contributed by atoms with Gasteiger partial charge in [-0.1, -0.05) is 30.3 Å². The molecule has 0 aliphatic heterocycles. The van der Waals surface area contributed by atoms with Crippen molar-refractivity contribution in [2.24, 2.45) is 0 Å². The molecule has 0 spiro atoms. The van der Waals surface area contributed by atoms with E-state index in [1.807, 2.05) is 44.2 Å². The van der Waals surface area contributed by atoms with E-state index in [0.717, 1.165) is 11.1 Å². The summed E-state index contributed by atoms with van der Waals surface area (Å²) in [5, 5.41) is 0. The minimum atomic E-state index is -3.56. The lowest BCUT2D eigenvalue weighted by molar-refractivity contribution is 0.411. The number of rotatable bonds is 5. The Morgan fingerprint density at radius 3 is 2.33 bits per heavy atom. The SMILES string of the molecule is COc1ccc(S(=O)(=O)N[C@@H](C)c2ccccc2)cc1C. The summed E-state index contributed by atoms with van der Waals surface area (Å²) >= 11 is 0. The molecule has 1 atom stereocenters. The maximum Gasteiger partial charge on any atom is 0.241 e. The Bertz CT molecular complexity index is 712. The molecule has 0 bridgehead atoms. The number of methoxy groups -OCH3 is 1. The number of ether oxygens (including phenoxy) is 1. The van der Waals surface area contributed by atoms with E-state index >= 15 is 0 Å². The minimum Gasteiger partial charge on any atom is -0.496 e. The maximum atomic E-state index is 12.4. The first kappa shape index (κ1) is 15.5. The highest BCUT2D eigenvalue weighted by atomic mass is 32.2. The van der Waals surface area contributed by atoms with Crippen molar-refractivity contribution in [1.82, 2.24) is 4.72 Å². The molecular formula is C16H19NO3S. The third-order valence-electron chi connectivity index (χ3n) is 3.31. The van der Waals surface area contributed by atoms with Gasteiger partial charge in [0, 0.05) is 6.04 Å². The minimum absolute atomic E-state index is 0.239. The average Bonchev–Trinajstić information content (AvgIpc) is 2.47. The van der Waals surface area contributed by atoms with Crippen LogP contribution in [0.4, 0.5) is 0 Å². The molecule has 0 aliphatic rings. The van der Waals surface area contributed by atoms with E-state index in [1.165, 1.54) is 0 Å². The highest BCUT2D eigenvalue weighted by Gasteiger charge is 2.19. The molecule has 4 nitrogen and oxygen atoms in total. The summed E-state index contributed by atoms with van der Waals surface area (Å²) in [4.78, 5) is 0.239. The lowest BCUT2D eigenvalue weighted by Crippen LogP contribution is -2.26. The van der Waals surface area contributed by atoms with Gasteiger partial charge in [0.05, 0.1) is 12.0 Å². The third kappa shape index (κ3) is 3.62. The van der Waals surface area contributed by atoms with Crippen LogP contribution < -0.4 is 9.46 Å². The molecule has 1 N–H and O–H groups in total. The molecule has 0 saturated heterocycles. The van der Waals surface area contributed by atoms with Crippen molar-refractivity contribution in [2.75, 3.05) is 7.11 Å². The summed E-state index contributed by atoms with van der Waals surface area (Å²) in [5.41, 5.74) is 1.71. The number of hydrogen-bond acceptors (Lipinski definition) is 3. The molecule has 0 saturated carbocycles. The summed E-state index contributed by atoms with van der Waals surface area (Å²) in [5.74, 6) is 0.671. The van der Waals surface area contributed by atoms with Gasteiger partial charge in [-0.05, 0) is 43.2 Å². The molecule has 2 aromatic rings. The summed E-state index contributed by atoms with van der Waals surface area (Å²) < 4.78 is 32.7. The monoisotopic (exact) mass is 305 g/mol. The van der Waals surface area contributed by atoms with Crippen molar-refractivity contribution < 1.29 is 13.2 Å². The fraction of sp³-hybridized carbons (Fsp3) is 0.250. The van der Waals surface area contributed by atoms with Crippen LogP contribution in [0.25, 0.3) is 0 Å². The van der Waals surface area contributed by atoms with Gasteiger partial charge in [0.15, 0.2) is 0 Å². The standard InChI is InChI=1S/C16H19NO3S/c1-12-11-15(9-10-16(12)20-3)21(18,19)17-13(2)14-7-5-4-6-8-14/h4-11,13,17H,1-3H3/t13-/m0/s1. The molecule has 112 valence electrons. The Labute approximate surface area is 125 Å². The van der Waals surface area contributed by atoms with Gasteiger partial charge in [0.25, 0.3) is 0 Å². The first-order chi connectivity index (χ1) is 9.94. The smallest absolute Gasteiger partial charge is 0.241 e. The molecule has 0 aliphatic carbocycles. The van der Waals surface area contributed by atoms with Crippen LogP contribution in [-0.2, 0) is 10.0 Å². The zero-order valence-corrected chi connectivity index (χ0v) is 13.1. The number of nitrogens with one attached hydrogen (secondary N) is 1. The van der Waals surface area contributed by atoms with Gasteiger partial charge in [-0.15, -0.1) is 0 Å². The van der Waals surface area contributed by atoms with Crippen molar-refractivity contribution >= 4 is 10.0 Å². The fourth-order valence-electron chi connectivity index (χ4n) is 2.13. The van der Waals surface area contributed by atoms with Crippen molar-refractivity contribution in [3.8, 4) is 5.75 Å². The second-order valence-electron chi connectivity index (χ2n) is 4.89. The molecule has 0 aromatic heterocycles. The van der Waals surface area contributed by atoms with Crippen LogP contribution in [-0.4, -0.2) is 15.5 Å². The number of aryl methyl sites for hydroxylation is 1. The second-order valence-corrected chi connectivity index (χ2v) is 6.60. The van der Waals surface area contributed by atoms with Crippen molar-refractivity contribution in [1.29, 1.82) is 0 Å². The number of hydrogen-bond donors (Lipinski definition) is 1. The van der Waals surface area contributed by atoms with Crippen molar-refractivity contribution in [3.63, 3.8) is 0 Å². The van der Waals surface area contributed by atoms with Gasteiger partial charge in [-0.2, -0.15) is 0 Å². The third-order valence-corrected chi connectivity index (χ3v) is 4.85. The largest absolute Gasteiger partial charge is 0.496 e. The van der Waals surface area contributed by atoms with E-state index in [-0.39, 0.29) is 10.9 Å². The molecule has 0 unspecified atom stereocenters. The van der Waals surface area contributed by atoms with Crippen LogP contribution in [0.2, 0.25) is 0 Å². The zero-order chi connectivity index (χ0) is 15.5. The Kier molecular flexibility index (Phi) is 4.65. The highest BCUT2D eigenvalue weighted by molar-refractivity contribution is 7.89.